The summed E-state index contributed by atoms with van der Waals surface area (Å²) in [6.07, 6.45) is 2.08. The van der Waals surface area contributed by atoms with Crippen LogP contribution in [0.3, 0.4) is 0 Å². The fourth-order valence-corrected chi connectivity index (χ4v) is 2.45. The summed E-state index contributed by atoms with van der Waals surface area (Å²) in [5.74, 6) is 0. The highest BCUT2D eigenvalue weighted by atomic mass is 32.1. The van der Waals surface area contributed by atoms with Crippen LogP contribution < -0.4 is 5.32 Å². The first-order valence-electron chi connectivity index (χ1n) is 5.11. The molecule has 3 heteroatoms. The number of thiophene rings is 1. The molecule has 0 aliphatic rings. The Hall–Kier alpha value is -1.06. The zero-order valence-electron chi connectivity index (χ0n) is 9.16. The molecule has 2 aromatic heterocycles. The second kappa shape index (κ2) is 4.64. The van der Waals surface area contributed by atoms with E-state index in [1.165, 1.54) is 16.1 Å². The summed E-state index contributed by atoms with van der Waals surface area (Å²) in [5.41, 5.74) is 2.71. The molecule has 0 saturated heterocycles. The smallest absolute Gasteiger partial charge is 0.0362 e. The van der Waals surface area contributed by atoms with Crippen molar-refractivity contribution < 1.29 is 0 Å². The van der Waals surface area contributed by atoms with Crippen LogP contribution in [-0.2, 0) is 20.1 Å². The number of hydrogen-bond acceptors (Lipinski definition) is 2. The van der Waals surface area contributed by atoms with E-state index in [1.807, 2.05) is 11.3 Å². The Morgan fingerprint density at radius 2 is 2.20 bits per heavy atom. The maximum atomic E-state index is 3.46. The summed E-state index contributed by atoms with van der Waals surface area (Å²) in [7, 11) is 2.08. The molecule has 15 heavy (non-hydrogen) atoms. The Labute approximate surface area is 94.6 Å². The van der Waals surface area contributed by atoms with Crippen LogP contribution in [-0.4, -0.2) is 4.57 Å². The molecule has 0 aromatic carbocycles. The lowest BCUT2D eigenvalue weighted by Crippen LogP contribution is -2.14. The zero-order valence-corrected chi connectivity index (χ0v) is 9.97. The Kier molecular flexibility index (Phi) is 3.23. The van der Waals surface area contributed by atoms with Crippen molar-refractivity contribution in [3.8, 4) is 0 Å². The molecule has 2 heterocycles. The zero-order chi connectivity index (χ0) is 10.7. The molecule has 1 N–H and O–H groups in total. The number of hydrogen-bond donors (Lipinski definition) is 1. The van der Waals surface area contributed by atoms with Crippen molar-refractivity contribution in [3.63, 3.8) is 0 Å². The maximum Gasteiger partial charge on any atom is 0.0362 e. The summed E-state index contributed by atoms with van der Waals surface area (Å²) in [5, 5.41) is 5.61. The first-order chi connectivity index (χ1) is 7.27. The SMILES string of the molecule is Cc1ccsc1CNCc1cccn1C. The van der Waals surface area contributed by atoms with Crippen LogP contribution in [0.25, 0.3) is 0 Å². The van der Waals surface area contributed by atoms with E-state index in [1.54, 1.807) is 0 Å². The van der Waals surface area contributed by atoms with E-state index in [-0.39, 0.29) is 0 Å². The summed E-state index contributed by atoms with van der Waals surface area (Å²) < 4.78 is 2.15. The van der Waals surface area contributed by atoms with Gasteiger partial charge in [0.25, 0.3) is 0 Å². The number of aromatic nitrogens is 1. The molecule has 0 fully saturated rings. The Bertz CT molecular complexity index is 388. The molecule has 0 radical (unpaired) electrons. The van der Waals surface area contributed by atoms with Gasteiger partial charge in [0, 0.05) is 36.9 Å². The third-order valence-electron chi connectivity index (χ3n) is 2.61. The standard InChI is InChI=1S/C12H16N2S/c1-10-5-7-15-12(10)9-13-8-11-4-3-6-14(11)2/h3-7,13H,8-9H2,1-2H3. The predicted octanol–water partition coefficient (Wildman–Crippen LogP) is 2.68. The van der Waals surface area contributed by atoms with Crippen molar-refractivity contribution in [1.82, 2.24) is 9.88 Å². The van der Waals surface area contributed by atoms with E-state index < -0.39 is 0 Å². The number of nitrogens with one attached hydrogen (secondary N) is 1. The Morgan fingerprint density at radius 1 is 1.33 bits per heavy atom. The molecule has 2 aromatic rings. The van der Waals surface area contributed by atoms with Gasteiger partial charge < -0.3 is 9.88 Å². The van der Waals surface area contributed by atoms with E-state index in [4.69, 9.17) is 0 Å². The lowest BCUT2D eigenvalue weighted by Gasteiger charge is -2.05. The lowest BCUT2D eigenvalue weighted by atomic mass is 10.3. The monoisotopic (exact) mass is 220 g/mol. The minimum absolute atomic E-state index is 0.931. The number of rotatable bonds is 4. The largest absolute Gasteiger partial charge is 0.353 e. The highest BCUT2D eigenvalue weighted by Crippen LogP contribution is 2.14. The van der Waals surface area contributed by atoms with E-state index in [0.29, 0.717) is 0 Å². The van der Waals surface area contributed by atoms with Crippen LogP contribution in [0.5, 0.6) is 0 Å². The van der Waals surface area contributed by atoms with Gasteiger partial charge in [0.15, 0.2) is 0 Å². The molecule has 2 rings (SSSR count). The highest BCUT2D eigenvalue weighted by molar-refractivity contribution is 7.10. The Balaban J connectivity index is 1.86. The van der Waals surface area contributed by atoms with Gasteiger partial charge >= 0.3 is 0 Å². The van der Waals surface area contributed by atoms with Gasteiger partial charge in [0.1, 0.15) is 0 Å². The van der Waals surface area contributed by atoms with Gasteiger partial charge in [-0.05, 0) is 36.1 Å². The van der Waals surface area contributed by atoms with Gasteiger partial charge in [-0.2, -0.15) is 0 Å². The van der Waals surface area contributed by atoms with Crippen molar-refractivity contribution in [3.05, 3.63) is 45.9 Å². The van der Waals surface area contributed by atoms with E-state index >= 15 is 0 Å². The molecule has 0 amide bonds. The normalized spacial score (nSPS) is 10.8. The molecule has 0 atom stereocenters. The first-order valence-corrected chi connectivity index (χ1v) is 5.99. The minimum Gasteiger partial charge on any atom is -0.353 e. The topological polar surface area (TPSA) is 17.0 Å². The summed E-state index contributed by atoms with van der Waals surface area (Å²) in [4.78, 5) is 1.43. The third kappa shape index (κ3) is 2.49. The second-order valence-corrected chi connectivity index (χ2v) is 4.74. The van der Waals surface area contributed by atoms with Crippen molar-refractivity contribution >= 4 is 11.3 Å². The number of nitrogens with zero attached hydrogens (tertiary/aromatic N) is 1. The molecule has 0 aliphatic heterocycles. The number of aryl methyl sites for hydroxylation is 2. The maximum absolute atomic E-state index is 3.46. The van der Waals surface area contributed by atoms with Crippen LogP contribution in [0.1, 0.15) is 16.1 Å². The van der Waals surface area contributed by atoms with E-state index in [9.17, 15) is 0 Å². The van der Waals surface area contributed by atoms with Gasteiger partial charge in [-0.15, -0.1) is 11.3 Å². The average Bonchev–Trinajstić information content (AvgIpc) is 2.78. The Morgan fingerprint density at radius 3 is 2.80 bits per heavy atom. The lowest BCUT2D eigenvalue weighted by molar-refractivity contribution is 0.659. The molecule has 0 bridgehead atoms. The fraction of sp³-hybridized carbons (Fsp3) is 0.333. The molecule has 2 nitrogen and oxygen atoms in total. The van der Waals surface area contributed by atoms with Gasteiger partial charge in [0.2, 0.25) is 0 Å². The summed E-state index contributed by atoms with van der Waals surface area (Å²) in [6.45, 7) is 4.06. The van der Waals surface area contributed by atoms with E-state index in [0.717, 1.165) is 13.1 Å². The van der Waals surface area contributed by atoms with Crippen LogP contribution >= 0.6 is 11.3 Å². The molecule has 0 saturated carbocycles. The van der Waals surface area contributed by atoms with Crippen LogP contribution in [0.2, 0.25) is 0 Å². The van der Waals surface area contributed by atoms with Crippen molar-refractivity contribution in [2.45, 2.75) is 20.0 Å². The fourth-order valence-electron chi connectivity index (χ4n) is 1.57. The van der Waals surface area contributed by atoms with Crippen molar-refractivity contribution in [2.75, 3.05) is 0 Å². The highest BCUT2D eigenvalue weighted by Gasteiger charge is 2.00. The van der Waals surface area contributed by atoms with Gasteiger partial charge in [-0.1, -0.05) is 0 Å². The predicted molar refractivity (Wildman–Crippen MR) is 65.0 cm³/mol. The van der Waals surface area contributed by atoms with Crippen LogP contribution in [0.15, 0.2) is 29.8 Å². The average molecular weight is 220 g/mol. The molecular formula is C12H16N2S. The summed E-state index contributed by atoms with van der Waals surface area (Å²) >= 11 is 1.82. The van der Waals surface area contributed by atoms with Crippen LogP contribution in [0.4, 0.5) is 0 Å². The van der Waals surface area contributed by atoms with Gasteiger partial charge in [0.05, 0.1) is 0 Å². The minimum atomic E-state index is 0.931. The summed E-state index contributed by atoms with van der Waals surface area (Å²) in [6, 6.07) is 6.39. The second-order valence-electron chi connectivity index (χ2n) is 3.74. The van der Waals surface area contributed by atoms with Gasteiger partial charge in [-0.25, -0.2) is 0 Å². The van der Waals surface area contributed by atoms with Gasteiger partial charge in [-0.3, -0.25) is 0 Å². The molecule has 0 spiro atoms. The van der Waals surface area contributed by atoms with Crippen LogP contribution in [0, 0.1) is 6.92 Å². The first kappa shape index (κ1) is 10.5. The molecule has 0 unspecified atom stereocenters. The van der Waals surface area contributed by atoms with Crippen molar-refractivity contribution in [2.24, 2.45) is 7.05 Å². The van der Waals surface area contributed by atoms with E-state index in [2.05, 4.69) is 53.6 Å². The third-order valence-corrected chi connectivity index (χ3v) is 3.63. The molecule has 0 aliphatic carbocycles. The molecule has 80 valence electrons. The molecular weight excluding hydrogens is 204 g/mol. The van der Waals surface area contributed by atoms with Crippen molar-refractivity contribution in [1.29, 1.82) is 0 Å². The quantitative estimate of drug-likeness (QED) is 0.838.